The van der Waals surface area contributed by atoms with Crippen molar-refractivity contribution in [2.45, 2.75) is 18.9 Å². The Morgan fingerprint density at radius 2 is 1.88 bits per heavy atom. The first kappa shape index (κ1) is 12.2. The molecule has 90 valence electrons. The molecule has 1 atom stereocenters. The lowest BCUT2D eigenvalue weighted by molar-refractivity contribution is 0.229. The van der Waals surface area contributed by atoms with Gasteiger partial charge in [-0.15, -0.1) is 0 Å². The summed E-state index contributed by atoms with van der Waals surface area (Å²) in [5, 5.41) is 0.744. The minimum Gasteiger partial charge on any atom is -0.499 e. The van der Waals surface area contributed by atoms with Gasteiger partial charge in [0.25, 0.3) is 0 Å². The summed E-state index contributed by atoms with van der Waals surface area (Å²) in [5.74, 6) is 0.815. The molecule has 0 radical (unpaired) electrons. The number of rotatable bonds is 2. The Labute approximate surface area is 107 Å². The van der Waals surface area contributed by atoms with E-state index in [0.717, 1.165) is 22.8 Å². The van der Waals surface area contributed by atoms with Crippen molar-refractivity contribution in [3.63, 3.8) is 0 Å². The van der Waals surface area contributed by atoms with E-state index in [-0.39, 0.29) is 0 Å². The van der Waals surface area contributed by atoms with Gasteiger partial charge in [0.15, 0.2) is 0 Å². The van der Waals surface area contributed by atoms with Crippen LogP contribution in [0.25, 0.3) is 5.57 Å². The Kier molecular flexibility index (Phi) is 3.27. The summed E-state index contributed by atoms with van der Waals surface area (Å²) in [5.41, 5.74) is 8.14. The highest BCUT2D eigenvalue weighted by molar-refractivity contribution is 6.30. The fraction of sp³-hybridized carbons (Fsp3) is 0.286. The molecule has 1 aliphatic rings. The number of halogens is 1. The molecule has 1 aromatic rings. The van der Waals surface area contributed by atoms with Crippen molar-refractivity contribution in [1.82, 2.24) is 0 Å². The minimum atomic E-state index is -0.446. The third kappa shape index (κ3) is 2.54. The van der Waals surface area contributed by atoms with E-state index in [4.69, 9.17) is 22.1 Å². The third-order valence-corrected chi connectivity index (χ3v) is 3.24. The first-order valence-electron chi connectivity index (χ1n) is 5.53. The van der Waals surface area contributed by atoms with Gasteiger partial charge in [0.05, 0.1) is 12.6 Å². The fourth-order valence-electron chi connectivity index (χ4n) is 2.07. The molecule has 0 fully saturated rings. The van der Waals surface area contributed by atoms with Crippen LogP contribution >= 0.6 is 11.6 Å². The molecule has 0 amide bonds. The fourth-order valence-corrected chi connectivity index (χ4v) is 2.20. The zero-order chi connectivity index (χ0) is 12.5. The van der Waals surface area contributed by atoms with Crippen LogP contribution in [0.1, 0.15) is 18.9 Å². The summed E-state index contributed by atoms with van der Waals surface area (Å²) < 4.78 is 5.28. The Morgan fingerprint density at radius 3 is 2.41 bits per heavy atom. The molecule has 0 spiro atoms. The number of benzene rings is 1. The smallest absolute Gasteiger partial charge is 0.115 e. The summed E-state index contributed by atoms with van der Waals surface area (Å²) in [6.07, 6.45) is 4.75. The SMILES string of the molecule is COC1=CC=C(c2ccc(Cl)cc2)CC1(C)N. The van der Waals surface area contributed by atoms with E-state index in [1.165, 1.54) is 5.57 Å². The molecular formula is C14H16ClNO. The van der Waals surface area contributed by atoms with Crippen LogP contribution in [0.4, 0.5) is 0 Å². The molecule has 0 saturated carbocycles. The predicted octanol–water partition coefficient (Wildman–Crippen LogP) is 3.37. The van der Waals surface area contributed by atoms with Crippen LogP contribution in [0.2, 0.25) is 5.02 Å². The number of ether oxygens (including phenoxy) is 1. The highest BCUT2D eigenvalue weighted by Crippen LogP contribution is 2.33. The van der Waals surface area contributed by atoms with Crippen LogP contribution in [0, 0.1) is 0 Å². The van der Waals surface area contributed by atoms with Gasteiger partial charge in [-0.3, -0.25) is 0 Å². The van der Waals surface area contributed by atoms with E-state index >= 15 is 0 Å². The van der Waals surface area contributed by atoms with Crippen LogP contribution in [0.5, 0.6) is 0 Å². The van der Waals surface area contributed by atoms with Gasteiger partial charge in [0.1, 0.15) is 5.76 Å². The molecule has 0 aliphatic heterocycles. The number of nitrogens with two attached hydrogens (primary N) is 1. The average molecular weight is 250 g/mol. The lowest BCUT2D eigenvalue weighted by Gasteiger charge is -2.30. The summed E-state index contributed by atoms with van der Waals surface area (Å²) in [6.45, 7) is 1.98. The zero-order valence-electron chi connectivity index (χ0n) is 10.0. The second kappa shape index (κ2) is 4.55. The molecule has 2 nitrogen and oxygen atoms in total. The molecular weight excluding hydrogens is 234 g/mol. The van der Waals surface area contributed by atoms with E-state index in [1.54, 1.807) is 7.11 Å². The zero-order valence-corrected chi connectivity index (χ0v) is 10.8. The second-order valence-electron chi connectivity index (χ2n) is 4.53. The lowest BCUT2D eigenvalue weighted by Crippen LogP contribution is -2.40. The molecule has 0 heterocycles. The van der Waals surface area contributed by atoms with Crippen molar-refractivity contribution in [2.24, 2.45) is 5.73 Å². The average Bonchev–Trinajstić information content (AvgIpc) is 2.28. The molecule has 2 rings (SSSR count). The number of methoxy groups -OCH3 is 1. The van der Waals surface area contributed by atoms with Crippen LogP contribution in [-0.2, 0) is 4.74 Å². The Morgan fingerprint density at radius 1 is 1.24 bits per heavy atom. The molecule has 0 saturated heterocycles. The van der Waals surface area contributed by atoms with Gasteiger partial charge in [-0.05, 0) is 42.7 Å². The summed E-state index contributed by atoms with van der Waals surface area (Å²) >= 11 is 5.88. The van der Waals surface area contributed by atoms with Gasteiger partial charge in [-0.25, -0.2) is 0 Å². The van der Waals surface area contributed by atoms with Gasteiger partial charge < -0.3 is 10.5 Å². The minimum absolute atomic E-state index is 0.446. The maximum absolute atomic E-state index is 6.23. The molecule has 3 heteroatoms. The van der Waals surface area contributed by atoms with Gasteiger partial charge in [0, 0.05) is 5.02 Å². The van der Waals surface area contributed by atoms with Crippen molar-refractivity contribution in [3.05, 3.63) is 52.8 Å². The standard InChI is InChI=1S/C14H16ClNO/c1-14(16)9-11(5-8-13(14)17-2)10-3-6-12(15)7-4-10/h3-8H,9,16H2,1-2H3. The largest absolute Gasteiger partial charge is 0.499 e. The normalized spacial score (nSPS) is 24.0. The van der Waals surface area contributed by atoms with Gasteiger partial charge >= 0.3 is 0 Å². The second-order valence-corrected chi connectivity index (χ2v) is 4.96. The van der Waals surface area contributed by atoms with Crippen LogP contribution in [0.15, 0.2) is 42.2 Å². The Hall–Kier alpha value is -1.25. The maximum atomic E-state index is 6.23. The van der Waals surface area contributed by atoms with E-state index in [2.05, 4.69) is 6.08 Å². The van der Waals surface area contributed by atoms with Crippen molar-refractivity contribution in [3.8, 4) is 0 Å². The topological polar surface area (TPSA) is 35.2 Å². The highest BCUT2D eigenvalue weighted by atomic mass is 35.5. The maximum Gasteiger partial charge on any atom is 0.115 e. The molecule has 1 unspecified atom stereocenters. The molecule has 0 bridgehead atoms. The van der Waals surface area contributed by atoms with Crippen LogP contribution in [-0.4, -0.2) is 12.6 Å². The van der Waals surface area contributed by atoms with Crippen LogP contribution < -0.4 is 5.73 Å². The predicted molar refractivity (Wildman–Crippen MR) is 71.7 cm³/mol. The van der Waals surface area contributed by atoms with E-state index in [0.29, 0.717) is 0 Å². The molecule has 1 aromatic carbocycles. The summed E-state index contributed by atoms with van der Waals surface area (Å²) in [4.78, 5) is 0. The van der Waals surface area contributed by atoms with Gasteiger partial charge in [0.2, 0.25) is 0 Å². The highest BCUT2D eigenvalue weighted by Gasteiger charge is 2.29. The van der Waals surface area contributed by atoms with E-state index in [9.17, 15) is 0 Å². The molecule has 1 aliphatic carbocycles. The van der Waals surface area contributed by atoms with Crippen molar-refractivity contribution < 1.29 is 4.74 Å². The number of hydrogen-bond donors (Lipinski definition) is 1. The number of hydrogen-bond acceptors (Lipinski definition) is 2. The van der Waals surface area contributed by atoms with E-state index in [1.807, 2.05) is 37.3 Å². The Balaban J connectivity index is 2.33. The Bertz CT molecular complexity index is 472. The molecule has 2 N–H and O–H groups in total. The van der Waals surface area contributed by atoms with Crippen molar-refractivity contribution in [2.75, 3.05) is 7.11 Å². The van der Waals surface area contributed by atoms with Crippen molar-refractivity contribution in [1.29, 1.82) is 0 Å². The van der Waals surface area contributed by atoms with Gasteiger partial charge in [-0.1, -0.05) is 29.8 Å². The molecule has 17 heavy (non-hydrogen) atoms. The van der Waals surface area contributed by atoms with Crippen molar-refractivity contribution >= 4 is 17.2 Å². The van der Waals surface area contributed by atoms with Crippen LogP contribution in [0.3, 0.4) is 0 Å². The summed E-state index contributed by atoms with van der Waals surface area (Å²) in [6, 6.07) is 7.80. The first-order valence-corrected chi connectivity index (χ1v) is 5.91. The number of allylic oxidation sites excluding steroid dienone is 2. The van der Waals surface area contributed by atoms with Gasteiger partial charge in [-0.2, -0.15) is 0 Å². The first-order chi connectivity index (χ1) is 8.03. The lowest BCUT2D eigenvalue weighted by atomic mass is 9.84. The monoisotopic (exact) mass is 249 g/mol. The summed E-state index contributed by atoms with van der Waals surface area (Å²) in [7, 11) is 1.65. The molecule has 0 aromatic heterocycles. The van der Waals surface area contributed by atoms with E-state index < -0.39 is 5.54 Å². The third-order valence-electron chi connectivity index (χ3n) is 2.99. The quantitative estimate of drug-likeness (QED) is 0.872.